The molecule has 3 rings (SSSR count). The smallest absolute Gasteiger partial charge is 0.226 e. The lowest BCUT2D eigenvalue weighted by Gasteiger charge is -2.31. The second-order valence-corrected chi connectivity index (χ2v) is 6.67. The van der Waals surface area contributed by atoms with Crippen LogP contribution >= 0.6 is 24.0 Å². The molecule has 25 heavy (non-hydrogen) atoms. The molecule has 1 fully saturated rings. The van der Waals surface area contributed by atoms with Gasteiger partial charge in [0.15, 0.2) is 5.96 Å². The zero-order chi connectivity index (χ0) is 16.9. The third-order valence-corrected chi connectivity index (χ3v) is 4.60. The van der Waals surface area contributed by atoms with Crippen molar-refractivity contribution < 1.29 is 4.42 Å². The van der Waals surface area contributed by atoms with Crippen LogP contribution in [0.4, 0.5) is 0 Å². The second kappa shape index (κ2) is 9.22. The Kier molecular flexibility index (Phi) is 7.28. The topological polar surface area (TPSA) is 67.7 Å². The molecule has 0 amide bonds. The molecule has 6 heteroatoms. The van der Waals surface area contributed by atoms with E-state index in [9.17, 15) is 0 Å². The number of rotatable bonds is 4. The zero-order valence-corrected chi connectivity index (χ0v) is 17.3. The monoisotopic (exact) mass is 454 g/mol. The van der Waals surface area contributed by atoms with Crippen molar-refractivity contribution in [3.63, 3.8) is 0 Å². The van der Waals surface area contributed by atoms with Crippen LogP contribution in [-0.2, 0) is 6.42 Å². The lowest BCUT2D eigenvalue weighted by molar-refractivity contribution is 0.277. The van der Waals surface area contributed by atoms with E-state index in [0.717, 1.165) is 36.7 Å². The van der Waals surface area contributed by atoms with E-state index in [1.807, 2.05) is 12.1 Å². The molecule has 1 aromatic carbocycles. The predicted molar refractivity (Wildman–Crippen MR) is 112 cm³/mol. The molecule has 1 aliphatic rings. The van der Waals surface area contributed by atoms with Crippen LogP contribution in [0.15, 0.2) is 39.9 Å². The molecule has 0 spiro atoms. The zero-order valence-electron chi connectivity index (χ0n) is 14.9. The molecule has 0 atom stereocenters. The van der Waals surface area contributed by atoms with E-state index in [4.69, 9.17) is 10.2 Å². The normalized spacial score (nSPS) is 15.9. The average molecular weight is 454 g/mol. The predicted octanol–water partition coefficient (Wildman–Crippen LogP) is 3.86. The Balaban J connectivity index is 0.00000225. The lowest BCUT2D eigenvalue weighted by Crippen LogP contribution is -2.42. The summed E-state index contributed by atoms with van der Waals surface area (Å²) in [6.07, 6.45) is 4.84. The minimum Gasteiger partial charge on any atom is -0.444 e. The number of hydrogen-bond donors (Lipinski definition) is 1. The van der Waals surface area contributed by atoms with Crippen LogP contribution in [0.25, 0.3) is 11.5 Å². The molecule has 1 aromatic heterocycles. The van der Waals surface area contributed by atoms with Gasteiger partial charge in [-0.2, -0.15) is 0 Å². The van der Waals surface area contributed by atoms with Crippen molar-refractivity contribution in [2.75, 3.05) is 19.6 Å². The second-order valence-electron chi connectivity index (χ2n) is 6.67. The highest BCUT2D eigenvalue weighted by Gasteiger charge is 2.16. The van der Waals surface area contributed by atoms with Gasteiger partial charge in [0.25, 0.3) is 0 Å². The van der Waals surface area contributed by atoms with Gasteiger partial charge in [-0.1, -0.05) is 24.6 Å². The van der Waals surface area contributed by atoms with Crippen LogP contribution in [0.2, 0.25) is 0 Å². The molecule has 136 valence electrons. The van der Waals surface area contributed by atoms with Crippen LogP contribution in [0.3, 0.4) is 0 Å². The van der Waals surface area contributed by atoms with Gasteiger partial charge in [0.05, 0.1) is 5.69 Å². The van der Waals surface area contributed by atoms with E-state index >= 15 is 0 Å². The number of nitrogens with zero attached hydrogens (tertiary/aromatic N) is 3. The number of nitrogens with two attached hydrogens (primary N) is 1. The number of aliphatic imine (C=N–C) groups is 1. The summed E-state index contributed by atoms with van der Waals surface area (Å²) in [4.78, 5) is 11.2. The fourth-order valence-corrected chi connectivity index (χ4v) is 2.87. The molecule has 0 unspecified atom stereocenters. The molecule has 2 aromatic rings. The van der Waals surface area contributed by atoms with Gasteiger partial charge in [0.2, 0.25) is 5.89 Å². The van der Waals surface area contributed by atoms with Gasteiger partial charge in [0, 0.05) is 31.6 Å². The minimum absolute atomic E-state index is 0. The van der Waals surface area contributed by atoms with E-state index in [-0.39, 0.29) is 24.0 Å². The number of piperidine rings is 1. The number of aryl methyl sites for hydroxylation is 1. The molecule has 0 saturated carbocycles. The lowest BCUT2D eigenvalue weighted by atomic mass is 10.00. The van der Waals surface area contributed by atoms with Crippen LogP contribution in [0.1, 0.15) is 31.0 Å². The number of likely N-dealkylation sites (tertiary alicyclic amines) is 1. The maximum Gasteiger partial charge on any atom is 0.226 e. The molecule has 2 N–H and O–H groups in total. The molecule has 2 heterocycles. The summed E-state index contributed by atoms with van der Waals surface area (Å²) in [6, 6.07) is 8.17. The third kappa shape index (κ3) is 5.45. The Morgan fingerprint density at radius 2 is 1.96 bits per heavy atom. The van der Waals surface area contributed by atoms with Gasteiger partial charge in [-0.15, -0.1) is 24.0 Å². The van der Waals surface area contributed by atoms with Gasteiger partial charge < -0.3 is 15.1 Å². The van der Waals surface area contributed by atoms with Crippen molar-refractivity contribution in [1.29, 1.82) is 0 Å². The van der Waals surface area contributed by atoms with Crippen LogP contribution in [-0.4, -0.2) is 35.5 Å². The number of halogens is 1. The van der Waals surface area contributed by atoms with Gasteiger partial charge in [0.1, 0.15) is 6.26 Å². The summed E-state index contributed by atoms with van der Waals surface area (Å²) in [5.41, 5.74) is 9.23. The van der Waals surface area contributed by atoms with E-state index in [1.54, 1.807) is 6.26 Å². The fraction of sp³-hybridized carbons (Fsp3) is 0.474. The molecule has 1 aliphatic heterocycles. The summed E-state index contributed by atoms with van der Waals surface area (Å²) in [5, 5.41) is 0. The Morgan fingerprint density at radius 3 is 2.64 bits per heavy atom. The number of benzene rings is 1. The van der Waals surface area contributed by atoms with Crippen LogP contribution in [0, 0.1) is 12.8 Å². The van der Waals surface area contributed by atoms with Crippen molar-refractivity contribution in [3.05, 3.63) is 41.8 Å². The Hall–Kier alpha value is -1.57. The molecule has 5 nitrogen and oxygen atoms in total. The van der Waals surface area contributed by atoms with Crippen molar-refractivity contribution in [2.24, 2.45) is 16.6 Å². The molecule has 1 saturated heterocycles. The third-order valence-electron chi connectivity index (χ3n) is 4.60. The largest absolute Gasteiger partial charge is 0.444 e. The van der Waals surface area contributed by atoms with Gasteiger partial charge in [-0.3, -0.25) is 4.99 Å². The first-order valence-electron chi connectivity index (χ1n) is 8.68. The number of aromatic nitrogens is 1. The Labute approximate surface area is 166 Å². The number of guanidine groups is 1. The fourth-order valence-electron chi connectivity index (χ4n) is 2.87. The van der Waals surface area contributed by atoms with Crippen LogP contribution in [0.5, 0.6) is 0 Å². The maximum atomic E-state index is 6.10. The van der Waals surface area contributed by atoms with E-state index in [1.165, 1.54) is 18.4 Å². The van der Waals surface area contributed by atoms with Crippen molar-refractivity contribution in [3.8, 4) is 11.5 Å². The first-order valence-corrected chi connectivity index (χ1v) is 8.68. The molecule has 0 bridgehead atoms. The van der Waals surface area contributed by atoms with Crippen molar-refractivity contribution in [1.82, 2.24) is 9.88 Å². The highest BCUT2D eigenvalue weighted by molar-refractivity contribution is 14.0. The summed E-state index contributed by atoms with van der Waals surface area (Å²) in [6.45, 7) is 7.02. The average Bonchev–Trinajstić information content (AvgIpc) is 3.05. The van der Waals surface area contributed by atoms with Gasteiger partial charge in [-0.05, 0) is 37.8 Å². The minimum atomic E-state index is 0. The van der Waals surface area contributed by atoms with Crippen molar-refractivity contribution >= 4 is 29.9 Å². The van der Waals surface area contributed by atoms with E-state index < -0.39 is 0 Å². The van der Waals surface area contributed by atoms with E-state index in [2.05, 4.69) is 40.9 Å². The highest BCUT2D eigenvalue weighted by atomic mass is 127. The van der Waals surface area contributed by atoms with E-state index in [0.29, 0.717) is 18.4 Å². The SMILES string of the molecule is Cc1ccc(-c2nc(CCN=C(N)N3CCC(C)CC3)co2)cc1.I. The van der Waals surface area contributed by atoms with Crippen molar-refractivity contribution in [2.45, 2.75) is 33.1 Å². The number of oxazole rings is 1. The summed E-state index contributed by atoms with van der Waals surface area (Å²) in [5.74, 6) is 2.11. The Morgan fingerprint density at radius 1 is 1.28 bits per heavy atom. The summed E-state index contributed by atoms with van der Waals surface area (Å²) < 4.78 is 5.57. The molecule has 0 aliphatic carbocycles. The first-order chi connectivity index (χ1) is 11.6. The quantitative estimate of drug-likeness (QED) is 0.433. The van der Waals surface area contributed by atoms with Crippen LogP contribution < -0.4 is 5.73 Å². The van der Waals surface area contributed by atoms with Gasteiger partial charge in [-0.25, -0.2) is 4.98 Å². The summed E-state index contributed by atoms with van der Waals surface area (Å²) in [7, 11) is 0. The number of hydrogen-bond acceptors (Lipinski definition) is 3. The maximum absolute atomic E-state index is 6.10. The highest BCUT2D eigenvalue weighted by Crippen LogP contribution is 2.19. The van der Waals surface area contributed by atoms with Gasteiger partial charge >= 0.3 is 0 Å². The standard InChI is InChI=1S/C19H26N4O.HI/c1-14-3-5-16(6-4-14)18-22-17(13-24-18)7-10-21-19(20)23-11-8-15(2)9-12-23;/h3-6,13,15H,7-12H2,1-2H3,(H2,20,21);1H. The summed E-state index contributed by atoms with van der Waals surface area (Å²) >= 11 is 0. The molecule has 0 radical (unpaired) electrons. The molecular weight excluding hydrogens is 427 g/mol. The molecular formula is C19H27IN4O. The first kappa shape index (κ1) is 19.8. The Bertz CT molecular complexity index is 688.